The van der Waals surface area contributed by atoms with Gasteiger partial charge in [0.15, 0.2) is 0 Å². The first-order valence-corrected chi connectivity index (χ1v) is 8.14. The van der Waals surface area contributed by atoms with Gasteiger partial charge in [0.25, 0.3) is 0 Å². The van der Waals surface area contributed by atoms with Crippen LogP contribution >= 0.6 is 0 Å². The quantitative estimate of drug-likeness (QED) is 0.905. The van der Waals surface area contributed by atoms with Gasteiger partial charge in [0.2, 0.25) is 5.91 Å². The fourth-order valence-electron chi connectivity index (χ4n) is 3.22. The molecule has 1 amide bonds. The number of carbonyl (C=O) groups excluding carboxylic acids is 1. The summed E-state index contributed by atoms with van der Waals surface area (Å²) in [4.78, 5) is 14.6. The smallest absolute Gasteiger partial charge is 0.223 e. The molecule has 21 heavy (non-hydrogen) atoms. The standard InChI is InChI=1S/C18H28N2O/c1-14(2)10-15(12-19)11-18(21)20-9-5-8-16-6-3-4-7-17(16)13-20/h3-4,6-7,14-15H,5,8-13,19H2,1-2H3/t15-/m0/s1. The average molecular weight is 288 g/mol. The van der Waals surface area contributed by atoms with Gasteiger partial charge in [0.1, 0.15) is 0 Å². The Morgan fingerprint density at radius 2 is 2.00 bits per heavy atom. The van der Waals surface area contributed by atoms with E-state index in [-0.39, 0.29) is 5.91 Å². The van der Waals surface area contributed by atoms with E-state index in [4.69, 9.17) is 5.73 Å². The lowest BCUT2D eigenvalue weighted by Gasteiger charge is -2.24. The maximum absolute atomic E-state index is 12.6. The van der Waals surface area contributed by atoms with Crippen LogP contribution in [0.1, 0.15) is 44.2 Å². The molecule has 1 aliphatic heterocycles. The number of rotatable bonds is 5. The number of carbonyl (C=O) groups is 1. The van der Waals surface area contributed by atoms with Gasteiger partial charge in [-0.3, -0.25) is 4.79 Å². The maximum Gasteiger partial charge on any atom is 0.223 e. The number of nitrogens with two attached hydrogens (primary N) is 1. The Morgan fingerprint density at radius 1 is 1.29 bits per heavy atom. The number of aryl methyl sites for hydroxylation is 1. The lowest BCUT2D eigenvalue weighted by atomic mass is 9.93. The minimum absolute atomic E-state index is 0.266. The van der Waals surface area contributed by atoms with Gasteiger partial charge in [0.05, 0.1) is 0 Å². The summed E-state index contributed by atoms with van der Waals surface area (Å²) in [5.41, 5.74) is 8.53. The molecular formula is C18H28N2O. The van der Waals surface area contributed by atoms with E-state index in [9.17, 15) is 4.79 Å². The summed E-state index contributed by atoms with van der Waals surface area (Å²) >= 11 is 0. The van der Waals surface area contributed by atoms with Crippen molar-refractivity contribution in [2.45, 2.75) is 46.1 Å². The molecule has 0 fully saturated rings. The van der Waals surface area contributed by atoms with Crippen LogP contribution in [0, 0.1) is 11.8 Å². The number of hydrogen-bond donors (Lipinski definition) is 1. The normalized spacial score (nSPS) is 16.5. The molecule has 0 bridgehead atoms. The van der Waals surface area contributed by atoms with Crippen LogP contribution in [0.4, 0.5) is 0 Å². The number of amides is 1. The van der Waals surface area contributed by atoms with Crippen molar-refractivity contribution in [1.82, 2.24) is 4.90 Å². The minimum atomic E-state index is 0.266. The third kappa shape index (κ3) is 4.57. The molecule has 1 aromatic carbocycles. The fraction of sp³-hybridized carbons (Fsp3) is 0.611. The van der Waals surface area contributed by atoms with Crippen LogP contribution in [-0.4, -0.2) is 23.9 Å². The van der Waals surface area contributed by atoms with Crippen LogP contribution in [0.3, 0.4) is 0 Å². The molecule has 0 saturated heterocycles. The van der Waals surface area contributed by atoms with E-state index >= 15 is 0 Å². The van der Waals surface area contributed by atoms with E-state index in [0.717, 1.165) is 32.4 Å². The number of benzene rings is 1. The van der Waals surface area contributed by atoms with Crippen LogP contribution in [0.5, 0.6) is 0 Å². The van der Waals surface area contributed by atoms with E-state index in [2.05, 4.69) is 38.1 Å². The molecule has 1 aromatic rings. The van der Waals surface area contributed by atoms with Crippen LogP contribution in [-0.2, 0) is 17.8 Å². The summed E-state index contributed by atoms with van der Waals surface area (Å²) in [6, 6.07) is 8.48. The van der Waals surface area contributed by atoms with Gasteiger partial charge in [-0.2, -0.15) is 0 Å². The van der Waals surface area contributed by atoms with E-state index in [0.29, 0.717) is 24.8 Å². The zero-order chi connectivity index (χ0) is 15.2. The first kappa shape index (κ1) is 16.0. The maximum atomic E-state index is 12.6. The topological polar surface area (TPSA) is 46.3 Å². The molecule has 0 aliphatic carbocycles. The molecule has 1 atom stereocenters. The van der Waals surface area contributed by atoms with E-state index in [1.807, 2.05) is 4.90 Å². The number of nitrogens with zero attached hydrogens (tertiary/aromatic N) is 1. The largest absolute Gasteiger partial charge is 0.338 e. The predicted octanol–water partition coefficient (Wildman–Crippen LogP) is 2.97. The molecule has 0 spiro atoms. The van der Waals surface area contributed by atoms with Gasteiger partial charge in [-0.15, -0.1) is 0 Å². The molecule has 0 aromatic heterocycles. The van der Waals surface area contributed by atoms with Crippen LogP contribution in [0.25, 0.3) is 0 Å². The molecule has 0 unspecified atom stereocenters. The van der Waals surface area contributed by atoms with Gasteiger partial charge in [-0.25, -0.2) is 0 Å². The zero-order valence-corrected chi connectivity index (χ0v) is 13.3. The molecule has 0 saturated carbocycles. The fourth-order valence-corrected chi connectivity index (χ4v) is 3.22. The monoisotopic (exact) mass is 288 g/mol. The summed E-state index contributed by atoms with van der Waals surface area (Å²) in [6.07, 6.45) is 3.76. The highest BCUT2D eigenvalue weighted by molar-refractivity contribution is 5.76. The lowest BCUT2D eigenvalue weighted by Crippen LogP contribution is -2.33. The Hall–Kier alpha value is -1.35. The van der Waals surface area contributed by atoms with E-state index in [1.165, 1.54) is 11.1 Å². The van der Waals surface area contributed by atoms with Crippen molar-refractivity contribution in [2.24, 2.45) is 17.6 Å². The second-order valence-corrected chi connectivity index (χ2v) is 6.62. The molecule has 0 radical (unpaired) electrons. The number of hydrogen-bond acceptors (Lipinski definition) is 2. The second-order valence-electron chi connectivity index (χ2n) is 6.62. The molecule has 1 heterocycles. The Balaban J connectivity index is 1.99. The van der Waals surface area contributed by atoms with Crippen molar-refractivity contribution < 1.29 is 4.79 Å². The molecule has 3 heteroatoms. The third-order valence-corrected chi connectivity index (χ3v) is 4.31. The summed E-state index contributed by atoms with van der Waals surface area (Å²) in [5.74, 6) is 1.18. The van der Waals surface area contributed by atoms with Crippen LogP contribution < -0.4 is 5.73 Å². The Kier molecular flexibility index (Phi) is 5.80. The summed E-state index contributed by atoms with van der Waals surface area (Å²) in [7, 11) is 0. The molecule has 2 N–H and O–H groups in total. The lowest BCUT2D eigenvalue weighted by molar-refractivity contribution is -0.132. The second kappa shape index (κ2) is 7.60. The molecular weight excluding hydrogens is 260 g/mol. The number of fused-ring (bicyclic) bond motifs is 1. The Morgan fingerprint density at radius 3 is 2.67 bits per heavy atom. The highest BCUT2D eigenvalue weighted by Crippen LogP contribution is 2.21. The SMILES string of the molecule is CC(C)C[C@H](CN)CC(=O)N1CCCc2ccccc2C1. The van der Waals surface area contributed by atoms with Gasteiger partial charge < -0.3 is 10.6 Å². The Labute approximate surface area is 128 Å². The molecule has 116 valence electrons. The molecule has 3 nitrogen and oxygen atoms in total. The van der Waals surface area contributed by atoms with E-state index in [1.54, 1.807) is 0 Å². The van der Waals surface area contributed by atoms with Crippen molar-refractivity contribution >= 4 is 5.91 Å². The third-order valence-electron chi connectivity index (χ3n) is 4.31. The highest BCUT2D eigenvalue weighted by Gasteiger charge is 2.21. The van der Waals surface area contributed by atoms with Crippen molar-refractivity contribution in [3.63, 3.8) is 0 Å². The minimum Gasteiger partial charge on any atom is -0.338 e. The van der Waals surface area contributed by atoms with Crippen molar-refractivity contribution in [3.8, 4) is 0 Å². The van der Waals surface area contributed by atoms with Gasteiger partial charge in [-0.1, -0.05) is 38.1 Å². The molecule has 2 rings (SSSR count). The van der Waals surface area contributed by atoms with E-state index < -0.39 is 0 Å². The first-order chi connectivity index (χ1) is 10.1. The zero-order valence-electron chi connectivity index (χ0n) is 13.3. The Bertz CT molecular complexity index is 470. The average Bonchev–Trinajstić information content (AvgIpc) is 2.68. The summed E-state index contributed by atoms with van der Waals surface area (Å²) in [6.45, 7) is 6.61. The van der Waals surface area contributed by atoms with Crippen LogP contribution in [0.2, 0.25) is 0 Å². The first-order valence-electron chi connectivity index (χ1n) is 8.14. The van der Waals surface area contributed by atoms with Gasteiger partial charge in [-0.05, 0) is 48.8 Å². The van der Waals surface area contributed by atoms with Crippen molar-refractivity contribution in [3.05, 3.63) is 35.4 Å². The van der Waals surface area contributed by atoms with Crippen molar-refractivity contribution in [1.29, 1.82) is 0 Å². The van der Waals surface area contributed by atoms with Crippen LogP contribution in [0.15, 0.2) is 24.3 Å². The van der Waals surface area contributed by atoms with Crippen molar-refractivity contribution in [2.75, 3.05) is 13.1 Å². The summed E-state index contributed by atoms with van der Waals surface area (Å²) < 4.78 is 0. The highest BCUT2D eigenvalue weighted by atomic mass is 16.2. The van der Waals surface area contributed by atoms with Gasteiger partial charge >= 0.3 is 0 Å². The summed E-state index contributed by atoms with van der Waals surface area (Å²) in [5, 5.41) is 0. The molecule has 1 aliphatic rings. The van der Waals surface area contributed by atoms with Gasteiger partial charge in [0, 0.05) is 19.5 Å². The predicted molar refractivity (Wildman–Crippen MR) is 86.8 cm³/mol.